The van der Waals surface area contributed by atoms with Gasteiger partial charge in [0.25, 0.3) is 5.91 Å². The van der Waals surface area contributed by atoms with Gasteiger partial charge >= 0.3 is 0 Å². The van der Waals surface area contributed by atoms with Crippen LogP contribution in [0.15, 0.2) is 36.4 Å². The van der Waals surface area contributed by atoms with E-state index in [1.165, 1.54) is 36.4 Å². The molecule has 0 saturated heterocycles. The molecule has 0 radical (unpaired) electrons. The Hall–Kier alpha value is -1.78. The smallest absolute Gasteiger partial charge is 0.255 e. The van der Waals surface area contributed by atoms with E-state index in [1.54, 1.807) is 0 Å². The molecule has 2 aromatic rings. The zero-order chi connectivity index (χ0) is 14.0. The first-order chi connectivity index (χ1) is 8.99. The van der Waals surface area contributed by atoms with Gasteiger partial charge < -0.3 is 11.1 Å². The molecule has 6 heteroatoms. The molecule has 0 unspecified atom stereocenters. The van der Waals surface area contributed by atoms with Gasteiger partial charge in [-0.15, -0.1) is 0 Å². The van der Waals surface area contributed by atoms with Gasteiger partial charge in [-0.3, -0.25) is 4.79 Å². The van der Waals surface area contributed by atoms with Crippen LogP contribution in [0.3, 0.4) is 0 Å². The van der Waals surface area contributed by atoms with Crippen molar-refractivity contribution in [1.29, 1.82) is 0 Å². The van der Waals surface area contributed by atoms with E-state index in [0.717, 1.165) is 0 Å². The number of carbonyl (C=O) groups excluding carboxylic acids is 1. The molecule has 98 valence electrons. The summed E-state index contributed by atoms with van der Waals surface area (Å²) in [7, 11) is 0. The lowest BCUT2D eigenvalue weighted by Crippen LogP contribution is -2.13. The number of anilines is 2. The third kappa shape index (κ3) is 2.97. The Morgan fingerprint density at radius 2 is 1.89 bits per heavy atom. The summed E-state index contributed by atoms with van der Waals surface area (Å²) < 4.78 is 13.5. The van der Waals surface area contributed by atoms with Crippen molar-refractivity contribution in [3.8, 4) is 0 Å². The van der Waals surface area contributed by atoms with Crippen LogP contribution in [0.4, 0.5) is 15.8 Å². The fraction of sp³-hybridized carbons (Fsp3) is 0. The quantitative estimate of drug-likeness (QED) is 0.824. The first kappa shape index (κ1) is 13.6. The van der Waals surface area contributed by atoms with Crippen LogP contribution in [0.5, 0.6) is 0 Å². The molecule has 0 fully saturated rings. The highest BCUT2D eigenvalue weighted by Gasteiger charge is 2.13. The zero-order valence-corrected chi connectivity index (χ0v) is 11.1. The van der Waals surface area contributed by atoms with Crippen molar-refractivity contribution in [1.82, 2.24) is 0 Å². The van der Waals surface area contributed by atoms with Crippen LogP contribution in [0, 0.1) is 5.82 Å². The fourth-order valence-corrected chi connectivity index (χ4v) is 1.86. The Kier molecular flexibility index (Phi) is 3.93. The summed E-state index contributed by atoms with van der Waals surface area (Å²) in [5.41, 5.74) is 6.10. The van der Waals surface area contributed by atoms with Gasteiger partial charge in [-0.1, -0.05) is 29.3 Å². The van der Waals surface area contributed by atoms with Crippen LogP contribution in [-0.2, 0) is 0 Å². The molecule has 0 aliphatic heterocycles. The molecule has 2 aromatic carbocycles. The van der Waals surface area contributed by atoms with Crippen LogP contribution >= 0.6 is 23.2 Å². The number of benzene rings is 2. The number of nitrogens with one attached hydrogen (secondary N) is 1. The van der Waals surface area contributed by atoms with Gasteiger partial charge in [-0.05, 0) is 30.3 Å². The fourth-order valence-electron chi connectivity index (χ4n) is 1.47. The number of halogens is 3. The summed E-state index contributed by atoms with van der Waals surface area (Å²) in [6.45, 7) is 0. The number of hydrogen-bond donors (Lipinski definition) is 2. The van der Waals surface area contributed by atoms with Crippen molar-refractivity contribution in [3.63, 3.8) is 0 Å². The largest absolute Gasteiger partial charge is 0.398 e. The number of carbonyl (C=O) groups is 1. The lowest BCUT2D eigenvalue weighted by molar-refractivity contribution is 0.102. The standard InChI is InChI=1S/C13H9Cl2FN2O/c14-8-2-1-3-10(16)12(8)18-13(19)7-4-5-11(17)9(15)6-7/h1-6H,17H2,(H,18,19). The second kappa shape index (κ2) is 5.47. The second-order valence-electron chi connectivity index (χ2n) is 3.79. The molecule has 0 spiro atoms. The van der Waals surface area contributed by atoms with E-state index in [0.29, 0.717) is 5.69 Å². The van der Waals surface area contributed by atoms with Crippen LogP contribution in [0.25, 0.3) is 0 Å². The Balaban J connectivity index is 2.28. The third-order valence-electron chi connectivity index (χ3n) is 2.46. The van der Waals surface area contributed by atoms with E-state index in [9.17, 15) is 9.18 Å². The molecular weight excluding hydrogens is 290 g/mol. The predicted octanol–water partition coefficient (Wildman–Crippen LogP) is 3.97. The highest BCUT2D eigenvalue weighted by atomic mass is 35.5. The molecular formula is C13H9Cl2FN2O. The number of para-hydroxylation sites is 1. The van der Waals surface area contributed by atoms with Gasteiger partial charge in [0, 0.05) is 5.56 Å². The van der Waals surface area contributed by atoms with Gasteiger partial charge in [0.2, 0.25) is 0 Å². The molecule has 0 heterocycles. The minimum Gasteiger partial charge on any atom is -0.398 e. The van der Waals surface area contributed by atoms with Crippen molar-refractivity contribution in [2.75, 3.05) is 11.1 Å². The lowest BCUT2D eigenvalue weighted by Gasteiger charge is -2.09. The van der Waals surface area contributed by atoms with Crippen molar-refractivity contribution in [2.24, 2.45) is 0 Å². The maximum Gasteiger partial charge on any atom is 0.255 e. The molecule has 3 nitrogen and oxygen atoms in total. The Labute approximate surface area is 119 Å². The topological polar surface area (TPSA) is 55.1 Å². The molecule has 0 saturated carbocycles. The highest BCUT2D eigenvalue weighted by molar-refractivity contribution is 6.34. The number of amides is 1. The van der Waals surface area contributed by atoms with Crippen molar-refractivity contribution in [2.45, 2.75) is 0 Å². The monoisotopic (exact) mass is 298 g/mol. The average molecular weight is 299 g/mol. The lowest BCUT2D eigenvalue weighted by atomic mass is 10.2. The summed E-state index contributed by atoms with van der Waals surface area (Å²) in [5, 5.41) is 2.77. The van der Waals surface area contributed by atoms with Gasteiger partial charge in [-0.2, -0.15) is 0 Å². The van der Waals surface area contributed by atoms with Gasteiger partial charge in [-0.25, -0.2) is 4.39 Å². The molecule has 1 amide bonds. The molecule has 0 aromatic heterocycles. The molecule has 0 aliphatic rings. The normalized spacial score (nSPS) is 10.3. The van der Waals surface area contributed by atoms with Crippen LogP contribution < -0.4 is 11.1 Å². The van der Waals surface area contributed by atoms with Crippen molar-refractivity contribution < 1.29 is 9.18 Å². The first-order valence-electron chi connectivity index (χ1n) is 5.29. The first-order valence-corrected chi connectivity index (χ1v) is 6.05. The van der Waals surface area contributed by atoms with E-state index in [1.807, 2.05) is 0 Å². The number of nitrogens with two attached hydrogens (primary N) is 1. The third-order valence-corrected chi connectivity index (χ3v) is 3.11. The van der Waals surface area contributed by atoms with Crippen LogP contribution in [0.2, 0.25) is 10.0 Å². The predicted molar refractivity (Wildman–Crippen MR) is 75.2 cm³/mol. The van der Waals surface area contributed by atoms with E-state index in [-0.39, 0.29) is 21.3 Å². The zero-order valence-electron chi connectivity index (χ0n) is 9.58. The van der Waals surface area contributed by atoms with Crippen LogP contribution in [-0.4, -0.2) is 5.91 Å². The minimum atomic E-state index is -0.609. The molecule has 19 heavy (non-hydrogen) atoms. The SMILES string of the molecule is Nc1ccc(C(=O)Nc2c(F)cccc2Cl)cc1Cl. The summed E-state index contributed by atoms with van der Waals surface area (Å²) in [6, 6.07) is 8.54. The summed E-state index contributed by atoms with van der Waals surface area (Å²) in [4.78, 5) is 11.9. The Bertz CT molecular complexity index is 626. The molecule has 2 rings (SSSR count). The van der Waals surface area contributed by atoms with Crippen molar-refractivity contribution in [3.05, 3.63) is 57.8 Å². The number of nitrogen functional groups attached to an aromatic ring is 1. The molecule has 0 bridgehead atoms. The molecule has 0 aliphatic carbocycles. The minimum absolute atomic E-state index is 0.0675. The van der Waals surface area contributed by atoms with Gasteiger partial charge in [0.05, 0.1) is 21.4 Å². The highest BCUT2D eigenvalue weighted by Crippen LogP contribution is 2.26. The number of rotatable bonds is 2. The van der Waals surface area contributed by atoms with Gasteiger partial charge in [0.15, 0.2) is 0 Å². The second-order valence-corrected chi connectivity index (χ2v) is 4.60. The average Bonchev–Trinajstić information content (AvgIpc) is 2.37. The maximum atomic E-state index is 13.5. The summed E-state index contributed by atoms with van der Waals surface area (Å²) in [5.74, 6) is -1.13. The van der Waals surface area contributed by atoms with E-state index in [4.69, 9.17) is 28.9 Å². The van der Waals surface area contributed by atoms with E-state index in [2.05, 4.69) is 5.32 Å². The van der Waals surface area contributed by atoms with Crippen molar-refractivity contribution >= 4 is 40.5 Å². The Morgan fingerprint density at radius 3 is 2.53 bits per heavy atom. The molecule has 3 N–H and O–H groups in total. The molecule has 0 atom stereocenters. The van der Waals surface area contributed by atoms with E-state index >= 15 is 0 Å². The summed E-state index contributed by atoms with van der Waals surface area (Å²) in [6.07, 6.45) is 0. The van der Waals surface area contributed by atoms with Gasteiger partial charge in [0.1, 0.15) is 5.82 Å². The van der Waals surface area contributed by atoms with E-state index < -0.39 is 11.7 Å². The summed E-state index contributed by atoms with van der Waals surface area (Å²) >= 11 is 11.6. The maximum absolute atomic E-state index is 13.5. The Morgan fingerprint density at radius 1 is 1.16 bits per heavy atom. The van der Waals surface area contributed by atoms with Crippen LogP contribution in [0.1, 0.15) is 10.4 Å². The number of hydrogen-bond acceptors (Lipinski definition) is 2.